The number of benzene rings is 1. The molecule has 0 aromatic heterocycles. The van der Waals surface area contributed by atoms with Crippen LogP contribution in [0.25, 0.3) is 0 Å². The van der Waals surface area contributed by atoms with Gasteiger partial charge in [0.05, 0.1) is 13.7 Å². The molecule has 1 atom stereocenters. The van der Waals surface area contributed by atoms with Crippen molar-refractivity contribution in [2.45, 2.75) is 24.8 Å². The fourth-order valence-corrected chi connectivity index (χ4v) is 1.84. The minimum Gasteiger partial charge on any atom is -0.493 e. The first-order valence-corrected chi connectivity index (χ1v) is 5.42. The van der Waals surface area contributed by atoms with Crippen LogP contribution in [0.15, 0.2) is 18.2 Å². The molecule has 3 nitrogen and oxygen atoms in total. The Labute approximate surface area is 98.5 Å². The van der Waals surface area contributed by atoms with Crippen molar-refractivity contribution in [1.82, 2.24) is 0 Å². The molecule has 1 aliphatic rings. The van der Waals surface area contributed by atoms with Crippen LogP contribution in [0.1, 0.15) is 18.9 Å². The van der Waals surface area contributed by atoms with Crippen molar-refractivity contribution in [3.8, 4) is 11.5 Å². The predicted molar refractivity (Wildman–Crippen MR) is 59.6 cm³/mol. The monoisotopic (exact) mass is 243 g/mol. The maximum Gasteiger partial charge on any atom is 0.272 e. The van der Waals surface area contributed by atoms with E-state index in [9.17, 15) is 8.78 Å². The van der Waals surface area contributed by atoms with Crippen LogP contribution in [0.3, 0.4) is 0 Å². The van der Waals surface area contributed by atoms with Gasteiger partial charge in [-0.2, -0.15) is 0 Å². The fourth-order valence-electron chi connectivity index (χ4n) is 1.84. The van der Waals surface area contributed by atoms with Crippen molar-refractivity contribution in [2.75, 3.05) is 13.7 Å². The van der Waals surface area contributed by atoms with Crippen molar-refractivity contribution in [2.24, 2.45) is 5.73 Å². The molecule has 1 aromatic rings. The normalized spacial score (nSPS) is 25.5. The van der Waals surface area contributed by atoms with Crippen molar-refractivity contribution in [3.63, 3.8) is 0 Å². The summed E-state index contributed by atoms with van der Waals surface area (Å²) in [6.07, 6.45) is -0.322. The van der Waals surface area contributed by atoms with Gasteiger partial charge in [-0.3, -0.25) is 0 Å². The van der Waals surface area contributed by atoms with Gasteiger partial charge in [-0.25, -0.2) is 8.78 Å². The first kappa shape index (κ1) is 12.1. The number of methoxy groups -OCH3 is 1. The van der Waals surface area contributed by atoms with Gasteiger partial charge in [0.1, 0.15) is 5.54 Å². The maximum atomic E-state index is 13.2. The van der Waals surface area contributed by atoms with Gasteiger partial charge in [-0.15, -0.1) is 0 Å². The van der Waals surface area contributed by atoms with Crippen molar-refractivity contribution < 1.29 is 18.3 Å². The van der Waals surface area contributed by atoms with E-state index in [-0.39, 0.29) is 6.42 Å². The molecule has 5 heteroatoms. The molecule has 0 amide bonds. The first-order valence-electron chi connectivity index (χ1n) is 5.42. The number of rotatable bonds is 4. The van der Waals surface area contributed by atoms with Crippen LogP contribution in [0, 0.1) is 0 Å². The second kappa shape index (κ2) is 3.84. The van der Waals surface area contributed by atoms with E-state index >= 15 is 0 Å². The quantitative estimate of drug-likeness (QED) is 0.882. The highest BCUT2D eigenvalue weighted by Crippen LogP contribution is 2.58. The highest BCUT2D eigenvalue weighted by molar-refractivity contribution is 5.48. The Morgan fingerprint density at radius 3 is 2.47 bits per heavy atom. The van der Waals surface area contributed by atoms with Gasteiger partial charge in [0.25, 0.3) is 5.92 Å². The van der Waals surface area contributed by atoms with E-state index in [1.807, 2.05) is 6.92 Å². The highest BCUT2D eigenvalue weighted by Gasteiger charge is 2.70. The summed E-state index contributed by atoms with van der Waals surface area (Å²) < 4.78 is 36.7. The van der Waals surface area contributed by atoms with Gasteiger partial charge < -0.3 is 15.2 Å². The van der Waals surface area contributed by atoms with E-state index in [1.165, 1.54) is 13.2 Å². The van der Waals surface area contributed by atoms with E-state index in [4.69, 9.17) is 15.2 Å². The average molecular weight is 243 g/mol. The van der Waals surface area contributed by atoms with E-state index < -0.39 is 11.5 Å². The van der Waals surface area contributed by atoms with Crippen LogP contribution in [-0.4, -0.2) is 19.6 Å². The van der Waals surface area contributed by atoms with Gasteiger partial charge in [0, 0.05) is 6.42 Å². The molecule has 0 spiro atoms. The molecule has 17 heavy (non-hydrogen) atoms. The highest BCUT2D eigenvalue weighted by atomic mass is 19.3. The summed E-state index contributed by atoms with van der Waals surface area (Å²) in [7, 11) is 1.47. The Morgan fingerprint density at radius 2 is 2.00 bits per heavy atom. The van der Waals surface area contributed by atoms with Crippen LogP contribution in [-0.2, 0) is 5.54 Å². The van der Waals surface area contributed by atoms with Gasteiger partial charge in [0.15, 0.2) is 11.5 Å². The number of ether oxygens (including phenoxy) is 2. The molecule has 2 rings (SSSR count). The van der Waals surface area contributed by atoms with E-state index in [1.54, 1.807) is 12.1 Å². The molecule has 1 unspecified atom stereocenters. The number of hydrogen-bond donors (Lipinski definition) is 1. The Balaban J connectivity index is 2.33. The second-order valence-electron chi connectivity index (χ2n) is 4.15. The lowest BCUT2D eigenvalue weighted by Gasteiger charge is -2.15. The number of nitrogens with two attached hydrogens (primary N) is 1. The molecule has 1 saturated carbocycles. The van der Waals surface area contributed by atoms with Crippen LogP contribution >= 0.6 is 0 Å². The molecule has 0 radical (unpaired) electrons. The largest absolute Gasteiger partial charge is 0.493 e. The lowest BCUT2D eigenvalue weighted by atomic mass is 10.0. The van der Waals surface area contributed by atoms with Gasteiger partial charge >= 0.3 is 0 Å². The lowest BCUT2D eigenvalue weighted by Crippen LogP contribution is -2.27. The second-order valence-corrected chi connectivity index (χ2v) is 4.15. The van der Waals surface area contributed by atoms with E-state index in [0.717, 1.165) is 0 Å². The molecule has 0 saturated heterocycles. The third-order valence-electron chi connectivity index (χ3n) is 3.01. The average Bonchev–Trinajstić information content (AvgIpc) is 2.80. The molecule has 1 aromatic carbocycles. The Kier molecular flexibility index (Phi) is 2.73. The Morgan fingerprint density at radius 1 is 1.35 bits per heavy atom. The van der Waals surface area contributed by atoms with Gasteiger partial charge in [-0.1, -0.05) is 6.07 Å². The van der Waals surface area contributed by atoms with E-state index in [2.05, 4.69) is 0 Å². The third-order valence-corrected chi connectivity index (χ3v) is 3.01. The summed E-state index contributed by atoms with van der Waals surface area (Å²) >= 11 is 0. The molecule has 2 N–H and O–H groups in total. The van der Waals surface area contributed by atoms with Crippen LogP contribution in [0.4, 0.5) is 8.78 Å². The van der Waals surface area contributed by atoms with Crippen LogP contribution in [0.5, 0.6) is 11.5 Å². The SMILES string of the molecule is CCOc1ccc(C2(N)CC2(F)F)cc1OC. The zero-order valence-corrected chi connectivity index (χ0v) is 9.80. The number of alkyl halides is 2. The third kappa shape index (κ3) is 1.84. The van der Waals surface area contributed by atoms with Crippen LogP contribution < -0.4 is 15.2 Å². The Hall–Kier alpha value is -1.36. The zero-order valence-electron chi connectivity index (χ0n) is 9.80. The molecule has 1 aliphatic carbocycles. The molecule has 94 valence electrons. The van der Waals surface area contributed by atoms with Crippen molar-refractivity contribution in [3.05, 3.63) is 23.8 Å². The Bertz CT molecular complexity index is 437. The predicted octanol–water partition coefficient (Wildman–Crippen LogP) is 2.29. The molecule has 0 aliphatic heterocycles. The fraction of sp³-hybridized carbons (Fsp3) is 0.500. The van der Waals surface area contributed by atoms with Crippen molar-refractivity contribution in [1.29, 1.82) is 0 Å². The number of hydrogen-bond acceptors (Lipinski definition) is 3. The van der Waals surface area contributed by atoms with Crippen LogP contribution in [0.2, 0.25) is 0 Å². The summed E-state index contributed by atoms with van der Waals surface area (Å²) in [5.74, 6) is -1.87. The zero-order chi connectivity index (χ0) is 12.7. The topological polar surface area (TPSA) is 44.5 Å². The summed E-state index contributed by atoms with van der Waals surface area (Å²) in [6, 6.07) is 4.70. The summed E-state index contributed by atoms with van der Waals surface area (Å²) in [5.41, 5.74) is 4.47. The summed E-state index contributed by atoms with van der Waals surface area (Å²) in [6.45, 7) is 2.33. The summed E-state index contributed by atoms with van der Waals surface area (Å²) in [5, 5.41) is 0. The molecule has 1 fully saturated rings. The van der Waals surface area contributed by atoms with E-state index in [0.29, 0.717) is 23.7 Å². The molecular formula is C12H15F2NO2. The first-order chi connectivity index (χ1) is 7.94. The lowest BCUT2D eigenvalue weighted by molar-refractivity contribution is 0.0890. The minimum absolute atomic E-state index is 0.322. The standard InChI is InChI=1S/C12H15F2NO2/c1-3-17-9-5-4-8(6-10(9)16-2)11(15)7-12(11,13)14/h4-6H,3,7,15H2,1-2H3. The smallest absolute Gasteiger partial charge is 0.272 e. The van der Waals surface area contributed by atoms with Gasteiger partial charge in [0.2, 0.25) is 0 Å². The molecular weight excluding hydrogens is 228 g/mol. The molecule has 0 heterocycles. The summed E-state index contributed by atoms with van der Waals surface area (Å²) in [4.78, 5) is 0. The molecule has 0 bridgehead atoms. The van der Waals surface area contributed by atoms with Crippen molar-refractivity contribution >= 4 is 0 Å². The number of halogens is 2. The van der Waals surface area contributed by atoms with Gasteiger partial charge in [-0.05, 0) is 24.6 Å². The minimum atomic E-state index is -2.83. The maximum absolute atomic E-state index is 13.2.